The lowest BCUT2D eigenvalue weighted by molar-refractivity contribution is 0.453. The van der Waals surface area contributed by atoms with Gasteiger partial charge in [0.15, 0.2) is 0 Å². The molecule has 1 atom stereocenters. The number of aromatic nitrogens is 2. The molecule has 0 spiro atoms. The summed E-state index contributed by atoms with van der Waals surface area (Å²) in [6.07, 6.45) is 4.89. The molecule has 0 fully saturated rings. The minimum absolute atomic E-state index is 0.258. The molecule has 0 aliphatic carbocycles. The van der Waals surface area contributed by atoms with Crippen LogP contribution in [0, 0.1) is 0 Å². The van der Waals surface area contributed by atoms with Crippen molar-refractivity contribution in [3.8, 4) is 5.75 Å². The number of phenols is 1. The SMILES string of the molecule is NC1CCc2nc(Cc3ccc(O)cc3)cn2C1. The molecule has 1 unspecified atom stereocenters. The van der Waals surface area contributed by atoms with Gasteiger partial charge in [0, 0.05) is 31.6 Å². The fourth-order valence-electron chi connectivity index (χ4n) is 2.44. The van der Waals surface area contributed by atoms with Crippen LogP contribution in [0.3, 0.4) is 0 Å². The van der Waals surface area contributed by atoms with Gasteiger partial charge in [-0.1, -0.05) is 12.1 Å². The molecule has 0 radical (unpaired) electrons. The van der Waals surface area contributed by atoms with Crippen LogP contribution in [0.4, 0.5) is 0 Å². The first-order chi connectivity index (χ1) is 8.70. The van der Waals surface area contributed by atoms with Gasteiger partial charge in [0.1, 0.15) is 11.6 Å². The summed E-state index contributed by atoms with van der Waals surface area (Å²) >= 11 is 0. The standard InChI is InChI=1S/C14H17N3O/c15-11-3-6-14-16-12(9-17(14)8-11)7-10-1-4-13(18)5-2-10/h1-2,4-5,9,11,18H,3,6-8,15H2. The van der Waals surface area contributed by atoms with E-state index in [1.165, 1.54) is 0 Å². The van der Waals surface area contributed by atoms with E-state index in [1.54, 1.807) is 12.1 Å². The molecule has 0 saturated carbocycles. The van der Waals surface area contributed by atoms with Gasteiger partial charge in [-0.15, -0.1) is 0 Å². The molecule has 18 heavy (non-hydrogen) atoms. The number of rotatable bonds is 2. The maximum absolute atomic E-state index is 9.25. The van der Waals surface area contributed by atoms with E-state index in [4.69, 9.17) is 5.73 Å². The van der Waals surface area contributed by atoms with Crippen molar-refractivity contribution in [2.75, 3.05) is 0 Å². The number of nitrogens with zero attached hydrogens (tertiary/aromatic N) is 2. The summed E-state index contributed by atoms with van der Waals surface area (Å²) in [7, 11) is 0. The van der Waals surface area contributed by atoms with Gasteiger partial charge in [0.25, 0.3) is 0 Å². The lowest BCUT2D eigenvalue weighted by Gasteiger charge is -2.19. The Kier molecular flexibility index (Phi) is 2.80. The van der Waals surface area contributed by atoms with Crippen LogP contribution in [0.15, 0.2) is 30.5 Å². The highest BCUT2D eigenvalue weighted by Crippen LogP contribution is 2.17. The van der Waals surface area contributed by atoms with Crippen molar-refractivity contribution in [1.29, 1.82) is 0 Å². The zero-order valence-corrected chi connectivity index (χ0v) is 10.2. The molecule has 1 aromatic carbocycles. The Morgan fingerprint density at radius 3 is 2.89 bits per heavy atom. The predicted molar refractivity (Wildman–Crippen MR) is 69.4 cm³/mol. The average molecular weight is 243 g/mol. The van der Waals surface area contributed by atoms with E-state index in [0.29, 0.717) is 5.75 Å². The Morgan fingerprint density at radius 1 is 1.33 bits per heavy atom. The van der Waals surface area contributed by atoms with Crippen LogP contribution in [-0.4, -0.2) is 20.7 Å². The summed E-state index contributed by atoms with van der Waals surface area (Å²) in [5.74, 6) is 1.44. The van der Waals surface area contributed by atoms with E-state index in [2.05, 4.69) is 15.7 Å². The first-order valence-corrected chi connectivity index (χ1v) is 6.29. The normalized spacial score (nSPS) is 18.6. The van der Waals surface area contributed by atoms with Crippen molar-refractivity contribution in [3.05, 3.63) is 47.5 Å². The largest absolute Gasteiger partial charge is 0.508 e. The molecule has 2 aromatic rings. The number of benzene rings is 1. The minimum Gasteiger partial charge on any atom is -0.508 e. The maximum atomic E-state index is 9.25. The van der Waals surface area contributed by atoms with Gasteiger partial charge in [0.2, 0.25) is 0 Å². The molecule has 4 heteroatoms. The van der Waals surface area contributed by atoms with Crippen molar-refractivity contribution in [1.82, 2.24) is 9.55 Å². The average Bonchev–Trinajstić information content (AvgIpc) is 2.73. The van der Waals surface area contributed by atoms with Crippen molar-refractivity contribution >= 4 is 0 Å². The van der Waals surface area contributed by atoms with E-state index in [9.17, 15) is 5.11 Å². The zero-order valence-electron chi connectivity index (χ0n) is 10.2. The molecule has 0 saturated heterocycles. The van der Waals surface area contributed by atoms with Gasteiger partial charge in [-0.25, -0.2) is 4.98 Å². The second-order valence-corrected chi connectivity index (χ2v) is 4.94. The van der Waals surface area contributed by atoms with E-state index >= 15 is 0 Å². The number of fused-ring (bicyclic) bond motifs is 1. The summed E-state index contributed by atoms with van der Waals surface area (Å²) in [5, 5.41) is 9.25. The second kappa shape index (κ2) is 4.46. The Balaban J connectivity index is 1.79. The predicted octanol–water partition coefficient (Wildman–Crippen LogP) is 1.45. The molecule has 1 aliphatic heterocycles. The second-order valence-electron chi connectivity index (χ2n) is 4.94. The smallest absolute Gasteiger partial charge is 0.115 e. The fraction of sp³-hybridized carbons (Fsp3) is 0.357. The van der Waals surface area contributed by atoms with Crippen molar-refractivity contribution in [2.45, 2.75) is 31.8 Å². The highest BCUT2D eigenvalue weighted by molar-refractivity contribution is 5.28. The number of imidazole rings is 1. The Morgan fingerprint density at radius 2 is 2.11 bits per heavy atom. The number of aryl methyl sites for hydroxylation is 1. The van der Waals surface area contributed by atoms with Gasteiger partial charge in [-0.3, -0.25) is 0 Å². The van der Waals surface area contributed by atoms with Crippen LogP contribution >= 0.6 is 0 Å². The van der Waals surface area contributed by atoms with Crippen LogP contribution in [0.5, 0.6) is 5.75 Å². The van der Waals surface area contributed by atoms with Gasteiger partial charge < -0.3 is 15.4 Å². The number of nitrogens with two attached hydrogens (primary N) is 1. The first-order valence-electron chi connectivity index (χ1n) is 6.29. The van der Waals surface area contributed by atoms with Crippen LogP contribution in [0.1, 0.15) is 23.5 Å². The van der Waals surface area contributed by atoms with Gasteiger partial charge in [0.05, 0.1) is 5.69 Å². The van der Waals surface area contributed by atoms with E-state index < -0.39 is 0 Å². The van der Waals surface area contributed by atoms with Crippen LogP contribution in [0.2, 0.25) is 0 Å². The van der Waals surface area contributed by atoms with E-state index in [0.717, 1.165) is 42.9 Å². The molecule has 4 nitrogen and oxygen atoms in total. The summed E-state index contributed by atoms with van der Waals surface area (Å²) in [4.78, 5) is 4.65. The lowest BCUT2D eigenvalue weighted by Crippen LogP contribution is -2.31. The molecular weight excluding hydrogens is 226 g/mol. The zero-order chi connectivity index (χ0) is 12.5. The molecule has 94 valence electrons. The number of aromatic hydroxyl groups is 1. The Hall–Kier alpha value is -1.81. The minimum atomic E-state index is 0.258. The third kappa shape index (κ3) is 2.24. The number of hydrogen-bond donors (Lipinski definition) is 2. The quantitative estimate of drug-likeness (QED) is 0.839. The highest BCUT2D eigenvalue weighted by atomic mass is 16.3. The maximum Gasteiger partial charge on any atom is 0.115 e. The number of hydrogen-bond acceptors (Lipinski definition) is 3. The summed E-state index contributed by atoms with van der Waals surface area (Å²) in [6, 6.07) is 7.54. The summed E-state index contributed by atoms with van der Waals surface area (Å²) in [5.41, 5.74) is 8.19. The third-order valence-corrected chi connectivity index (χ3v) is 3.40. The van der Waals surface area contributed by atoms with Crippen molar-refractivity contribution < 1.29 is 5.11 Å². The summed E-state index contributed by atoms with van der Waals surface area (Å²) in [6.45, 7) is 0.873. The molecule has 2 heterocycles. The monoisotopic (exact) mass is 243 g/mol. The fourth-order valence-corrected chi connectivity index (χ4v) is 2.44. The van der Waals surface area contributed by atoms with Gasteiger partial charge in [-0.2, -0.15) is 0 Å². The first kappa shape index (κ1) is 11.3. The molecule has 0 bridgehead atoms. The van der Waals surface area contributed by atoms with Crippen molar-refractivity contribution in [3.63, 3.8) is 0 Å². The number of phenolic OH excluding ortho intramolecular Hbond substituents is 1. The molecular formula is C14H17N3O. The Bertz CT molecular complexity index is 545. The summed E-state index contributed by atoms with van der Waals surface area (Å²) < 4.78 is 2.17. The molecule has 1 aliphatic rings. The van der Waals surface area contributed by atoms with E-state index in [-0.39, 0.29) is 6.04 Å². The molecule has 0 amide bonds. The van der Waals surface area contributed by atoms with Crippen LogP contribution in [-0.2, 0) is 19.4 Å². The third-order valence-electron chi connectivity index (χ3n) is 3.40. The Labute approximate surface area is 106 Å². The highest BCUT2D eigenvalue weighted by Gasteiger charge is 2.17. The topological polar surface area (TPSA) is 64.1 Å². The molecule has 3 N–H and O–H groups in total. The lowest BCUT2D eigenvalue weighted by atomic mass is 10.1. The van der Waals surface area contributed by atoms with Gasteiger partial charge >= 0.3 is 0 Å². The molecule has 1 aromatic heterocycles. The molecule has 3 rings (SSSR count). The van der Waals surface area contributed by atoms with Crippen LogP contribution < -0.4 is 5.73 Å². The van der Waals surface area contributed by atoms with Crippen molar-refractivity contribution in [2.24, 2.45) is 5.73 Å². The van der Waals surface area contributed by atoms with Crippen LogP contribution in [0.25, 0.3) is 0 Å². The van der Waals surface area contributed by atoms with Gasteiger partial charge in [-0.05, 0) is 24.1 Å². The van der Waals surface area contributed by atoms with E-state index in [1.807, 2.05) is 12.1 Å².